The third kappa shape index (κ3) is 2.62. The van der Waals surface area contributed by atoms with Crippen molar-refractivity contribution in [2.75, 3.05) is 13.2 Å². The maximum absolute atomic E-state index is 12.4. The Bertz CT molecular complexity index is 549. The molecule has 1 aromatic rings. The van der Waals surface area contributed by atoms with E-state index in [2.05, 4.69) is 0 Å². The minimum atomic E-state index is -0.616. The molecule has 1 aliphatic heterocycles. The molecule has 0 saturated carbocycles. The zero-order valence-corrected chi connectivity index (χ0v) is 11.7. The number of hydrogen-bond acceptors (Lipinski definition) is 4. The molecule has 1 saturated heterocycles. The van der Waals surface area contributed by atoms with Crippen LogP contribution < -0.4 is 0 Å². The highest BCUT2D eigenvalue weighted by Gasteiger charge is 2.34. The number of nitro benzene ring substituents is 1. The van der Waals surface area contributed by atoms with Crippen molar-refractivity contribution in [2.24, 2.45) is 5.92 Å². The minimum Gasteiger partial charge on any atom is -0.394 e. The van der Waals surface area contributed by atoms with Crippen LogP contribution >= 0.6 is 11.6 Å². The lowest BCUT2D eigenvalue weighted by molar-refractivity contribution is -0.384. The fraction of sp³-hybridized carbons (Fsp3) is 0.462. The highest BCUT2D eigenvalue weighted by atomic mass is 35.5. The van der Waals surface area contributed by atoms with Crippen molar-refractivity contribution in [2.45, 2.75) is 19.4 Å². The molecule has 2 atom stereocenters. The fourth-order valence-electron chi connectivity index (χ4n) is 2.49. The fourth-order valence-corrected chi connectivity index (χ4v) is 2.68. The average Bonchev–Trinajstić information content (AvgIpc) is 2.79. The number of aliphatic hydroxyl groups is 1. The molecule has 2 unspecified atom stereocenters. The van der Waals surface area contributed by atoms with Crippen molar-refractivity contribution in [3.05, 3.63) is 38.9 Å². The predicted molar refractivity (Wildman–Crippen MR) is 73.8 cm³/mol. The number of nitro groups is 1. The molecular formula is C13H15ClN2O4. The summed E-state index contributed by atoms with van der Waals surface area (Å²) in [6, 6.07) is 3.76. The Morgan fingerprint density at radius 3 is 2.90 bits per heavy atom. The Balaban J connectivity index is 2.30. The van der Waals surface area contributed by atoms with Crippen molar-refractivity contribution in [1.29, 1.82) is 0 Å². The Hall–Kier alpha value is -1.66. The first-order chi connectivity index (χ1) is 9.45. The molecule has 7 heteroatoms. The molecule has 1 N–H and O–H groups in total. The molecule has 6 nitrogen and oxygen atoms in total. The van der Waals surface area contributed by atoms with Gasteiger partial charge in [0.15, 0.2) is 0 Å². The van der Waals surface area contributed by atoms with Crippen molar-refractivity contribution < 1.29 is 14.8 Å². The second-order valence-electron chi connectivity index (χ2n) is 4.94. The smallest absolute Gasteiger partial charge is 0.288 e. The van der Waals surface area contributed by atoms with E-state index in [4.69, 9.17) is 11.6 Å². The average molecular weight is 299 g/mol. The maximum Gasteiger partial charge on any atom is 0.288 e. The van der Waals surface area contributed by atoms with E-state index in [1.807, 2.05) is 6.92 Å². The van der Waals surface area contributed by atoms with Gasteiger partial charge in [0, 0.05) is 18.2 Å². The number of halogens is 1. The van der Waals surface area contributed by atoms with E-state index in [0.29, 0.717) is 6.54 Å². The molecular weight excluding hydrogens is 284 g/mol. The van der Waals surface area contributed by atoms with Crippen molar-refractivity contribution in [3.8, 4) is 0 Å². The zero-order chi connectivity index (χ0) is 14.9. The molecule has 0 aromatic heterocycles. The first-order valence-corrected chi connectivity index (χ1v) is 6.69. The molecule has 1 aliphatic rings. The number of likely N-dealkylation sites (tertiary alicyclic amines) is 1. The van der Waals surface area contributed by atoms with Crippen LogP contribution in [0.1, 0.15) is 23.7 Å². The summed E-state index contributed by atoms with van der Waals surface area (Å²) >= 11 is 5.73. The van der Waals surface area contributed by atoms with E-state index in [1.54, 1.807) is 4.90 Å². The summed E-state index contributed by atoms with van der Waals surface area (Å²) < 4.78 is 0. The molecule has 0 aliphatic carbocycles. The van der Waals surface area contributed by atoms with Crippen molar-refractivity contribution >= 4 is 23.2 Å². The van der Waals surface area contributed by atoms with E-state index in [9.17, 15) is 20.0 Å². The maximum atomic E-state index is 12.4. The van der Waals surface area contributed by atoms with Crippen LogP contribution in [0.4, 0.5) is 5.69 Å². The molecule has 1 aromatic carbocycles. The number of carbonyl (C=O) groups is 1. The van der Waals surface area contributed by atoms with Gasteiger partial charge in [-0.1, -0.05) is 18.5 Å². The summed E-state index contributed by atoms with van der Waals surface area (Å²) in [5.74, 6) is -0.0978. The van der Waals surface area contributed by atoms with Crippen LogP contribution in [-0.2, 0) is 0 Å². The van der Waals surface area contributed by atoms with Gasteiger partial charge in [-0.2, -0.15) is 0 Å². The van der Waals surface area contributed by atoms with Crippen LogP contribution in [0.5, 0.6) is 0 Å². The molecule has 20 heavy (non-hydrogen) atoms. The third-order valence-corrected chi connectivity index (χ3v) is 4.04. The number of nitrogens with zero attached hydrogens (tertiary/aromatic N) is 2. The second kappa shape index (κ2) is 5.76. The van der Waals surface area contributed by atoms with Crippen LogP contribution in [0.15, 0.2) is 18.2 Å². The summed E-state index contributed by atoms with van der Waals surface area (Å²) in [6.07, 6.45) is 0.812. The van der Waals surface area contributed by atoms with Gasteiger partial charge >= 0.3 is 0 Å². The van der Waals surface area contributed by atoms with Crippen LogP contribution in [-0.4, -0.2) is 40.0 Å². The molecule has 1 amide bonds. The van der Waals surface area contributed by atoms with Crippen LogP contribution in [0, 0.1) is 16.0 Å². The monoisotopic (exact) mass is 298 g/mol. The van der Waals surface area contributed by atoms with E-state index in [0.717, 1.165) is 6.42 Å². The van der Waals surface area contributed by atoms with Gasteiger partial charge in [0.1, 0.15) is 5.02 Å². The predicted octanol–water partition coefficient (Wildman–Crippen LogP) is 2.09. The van der Waals surface area contributed by atoms with Crippen molar-refractivity contribution in [1.82, 2.24) is 4.90 Å². The van der Waals surface area contributed by atoms with Crippen molar-refractivity contribution in [3.63, 3.8) is 0 Å². The lowest BCUT2D eigenvalue weighted by atomic mass is 10.0. The summed E-state index contributed by atoms with van der Waals surface area (Å²) in [5.41, 5.74) is -0.0704. The number of rotatable bonds is 3. The lowest BCUT2D eigenvalue weighted by Gasteiger charge is -2.25. The topological polar surface area (TPSA) is 83.7 Å². The molecule has 108 valence electrons. The standard InChI is InChI=1S/C13H15ClN2O4/c1-8-4-5-15(12(8)7-17)13(18)9-2-3-10(14)11(6-9)16(19)20/h2-3,6,8,12,17H,4-5,7H2,1H3. The van der Waals surface area contributed by atoms with Gasteiger partial charge in [-0.05, 0) is 24.5 Å². The normalized spacial score (nSPS) is 22.1. The van der Waals surface area contributed by atoms with Gasteiger partial charge in [-0.3, -0.25) is 14.9 Å². The van der Waals surface area contributed by atoms with Gasteiger partial charge in [0.2, 0.25) is 0 Å². The van der Waals surface area contributed by atoms with E-state index in [-0.39, 0.29) is 40.7 Å². The molecule has 0 spiro atoms. The number of amides is 1. The Morgan fingerprint density at radius 1 is 1.60 bits per heavy atom. The number of hydrogen-bond donors (Lipinski definition) is 1. The summed E-state index contributed by atoms with van der Waals surface area (Å²) in [7, 11) is 0. The van der Waals surface area contributed by atoms with Gasteiger partial charge in [0.25, 0.3) is 11.6 Å². The first kappa shape index (κ1) is 14.7. The van der Waals surface area contributed by atoms with Gasteiger partial charge in [0.05, 0.1) is 17.6 Å². The zero-order valence-electron chi connectivity index (χ0n) is 11.0. The number of aliphatic hydroxyl groups excluding tert-OH is 1. The quantitative estimate of drug-likeness (QED) is 0.684. The Kier molecular flexibility index (Phi) is 4.25. The van der Waals surface area contributed by atoms with Crippen LogP contribution in [0.25, 0.3) is 0 Å². The molecule has 1 fully saturated rings. The van der Waals surface area contributed by atoms with E-state index >= 15 is 0 Å². The molecule has 1 heterocycles. The number of benzene rings is 1. The van der Waals surface area contributed by atoms with Gasteiger partial charge < -0.3 is 10.0 Å². The summed E-state index contributed by atoms with van der Waals surface area (Å²) in [4.78, 5) is 24.2. The van der Waals surface area contributed by atoms with Gasteiger partial charge in [-0.25, -0.2) is 0 Å². The van der Waals surface area contributed by atoms with Gasteiger partial charge in [-0.15, -0.1) is 0 Å². The Labute approximate surface area is 121 Å². The highest BCUT2D eigenvalue weighted by molar-refractivity contribution is 6.32. The lowest BCUT2D eigenvalue weighted by Crippen LogP contribution is -2.39. The third-order valence-electron chi connectivity index (χ3n) is 3.72. The minimum absolute atomic E-state index is 0.0000446. The van der Waals surface area contributed by atoms with Crippen LogP contribution in [0.3, 0.4) is 0 Å². The van der Waals surface area contributed by atoms with E-state index < -0.39 is 4.92 Å². The van der Waals surface area contributed by atoms with Crippen LogP contribution in [0.2, 0.25) is 5.02 Å². The largest absolute Gasteiger partial charge is 0.394 e. The molecule has 0 bridgehead atoms. The highest BCUT2D eigenvalue weighted by Crippen LogP contribution is 2.29. The Morgan fingerprint density at radius 2 is 2.30 bits per heavy atom. The second-order valence-corrected chi connectivity index (χ2v) is 5.34. The number of carbonyl (C=O) groups excluding carboxylic acids is 1. The SMILES string of the molecule is CC1CCN(C(=O)c2ccc(Cl)c([N+](=O)[O-])c2)C1CO. The summed E-state index contributed by atoms with van der Waals surface area (Å²) in [5, 5.41) is 20.2. The summed E-state index contributed by atoms with van der Waals surface area (Å²) in [6.45, 7) is 2.41. The van der Waals surface area contributed by atoms with E-state index in [1.165, 1.54) is 18.2 Å². The first-order valence-electron chi connectivity index (χ1n) is 6.31. The molecule has 2 rings (SSSR count). The molecule has 0 radical (unpaired) electrons.